The fraction of sp³-hybridized carbons (Fsp3) is 0.269. The lowest BCUT2D eigenvalue weighted by Gasteiger charge is -2.26. The third-order valence-corrected chi connectivity index (χ3v) is 4.93. The largest absolute Gasteiger partial charge is 0.450 e. The van der Waals surface area contributed by atoms with Crippen LogP contribution in [-0.2, 0) is 19.7 Å². The van der Waals surface area contributed by atoms with Crippen molar-refractivity contribution in [1.82, 2.24) is 5.32 Å². The molecule has 33 heavy (non-hydrogen) atoms. The van der Waals surface area contributed by atoms with Gasteiger partial charge in [0, 0.05) is 17.2 Å². The van der Waals surface area contributed by atoms with Gasteiger partial charge in [0.25, 0.3) is 0 Å². The van der Waals surface area contributed by atoms with Crippen LogP contribution in [-0.4, -0.2) is 24.6 Å². The zero-order valence-electron chi connectivity index (χ0n) is 19.6. The minimum atomic E-state index is -0.641. The molecule has 2 aromatic carbocycles. The van der Waals surface area contributed by atoms with Crippen molar-refractivity contribution in [2.75, 3.05) is 6.61 Å². The second-order valence-corrected chi connectivity index (χ2v) is 7.93. The van der Waals surface area contributed by atoms with Crippen LogP contribution in [0.4, 0.5) is 4.79 Å². The molecule has 0 aliphatic heterocycles. The molecule has 174 valence electrons. The summed E-state index contributed by atoms with van der Waals surface area (Å²) in [6.07, 6.45) is 0.605. The van der Waals surface area contributed by atoms with Gasteiger partial charge in [-0.15, -0.1) is 0 Å². The lowest BCUT2D eigenvalue weighted by Crippen LogP contribution is -2.21. The third kappa shape index (κ3) is 7.07. The Labute approximate surface area is 194 Å². The Morgan fingerprint density at radius 1 is 0.879 bits per heavy atom. The normalized spacial score (nSPS) is 11.4. The van der Waals surface area contributed by atoms with Crippen LogP contribution in [0.5, 0.6) is 11.5 Å². The molecule has 1 N–H and O–H groups in total. The molecule has 1 amide bonds. The summed E-state index contributed by atoms with van der Waals surface area (Å²) in [5.74, 6) is -0.219. The fourth-order valence-electron chi connectivity index (χ4n) is 2.83. The molecule has 0 spiro atoms. The monoisotopic (exact) mass is 451 g/mol. The number of hydrogen-bond acceptors (Lipinski definition) is 6. The van der Waals surface area contributed by atoms with Crippen molar-refractivity contribution >= 4 is 18.0 Å². The molecular weight excluding hydrogens is 422 g/mol. The van der Waals surface area contributed by atoms with E-state index in [9.17, 15) is 14.4 Å². The smallest absolute Gasteiger partial charge is 0.411 e. The van der Waals surface area contributed by atoms with Gasteiger partial charge < -0.3 is 14.2 Å². The molecule has 0 fully saturated rings. The van der Waals surface area contributed by atoms with E-state index in [1.807, 2.05) is 24.3 Å². The van der Waals surface area contributed by atoms with Gasteiger partial charge in [0.05, 0.1) is 12.2 Å². The predicted octanol–water partition coefficient (Wildman–Crippen LogP) is 5.05. The maximum absolute atomic E-state index is 12.2. The van der Waals surface area contributed by atoms with Crippen LogP contribution >= 0.6 is 0 Å². The second-order valence-electron chi connectivity index (χ2n) is 7.93. The number of rotatable bonds is 8. The van der Waals surface area contributed by atoms with Crippen LogP contribution in [0.3, 0.4) is 0 Å². The van der Waals surface area contributed by atoms with Crippen LogP contribution in [0.1, 0.15) is 45.7 Å². The average molecular weight is 452 g/mol. The highest BCUT2D eigenvalue weighted by molar-refractivity contribution is 5.90. The highest BCUT2D eigenvalue weighted by Crippen LogP contribution is 2.33. The van der Waals surface area contributed by atoms with Gasteiger partial charge in [-0.1, -0.05) is 44.7 Å². The van der Waals surface area contributed by atoms with Crippen molar-refractivity contribution in [3.63, 3.8) is 0 Å². The van der Waals surface area contributed by atoms with Gasteiger partial charge in [-0.2, -0.15) is 0 Å². The standard InChI is InChI=1S/C26H29NO6/c1-7-31-25(30)27-16-18(4)24(29)33-22-14-10-20(11-15-22)26(5,6)19-8-12-21(13-9-19)32-23(28)17(2)3/h8-16H,2,7H2,1,3-6H3,(H,27,30). The van der Waals surface area contributed by atoms with Crippen molar-refractivity contribution in [3.05, 3.63) is 83.6 Å². The Bertz CT molecular complexity index is 1050. The molecule has 0 saturated carbocycles. The van der Waals surface area contributed by atoms with E-state index in [-0.39, 0.29) is 17.6 Å². The number of hydrogen-bond donors (Lipinski definition) is 1. The Kier molecular flexibility index (Phi) is 8.56. The van der Waals surface area contributed by atoms with Gasteiger partial charge in [-0.25, -0.2) is 14.4 Å². The summed E-state index contributed by atoms with van der Waals surface area (Å²) in [6, 6.07) is 14.5. The molecule has 0 atom stereocenters. The van der Waals surface area contributed by atoms with Crippen LogP contribution < -0.4 is 14.8 Å². The predicted molar refractivity (Wildman–Crippen MR) is 125 cm³/mol. The first-order chi connectivity index (χ1) is 15.5. The maximum atomic E-state index is 12.2. The molecule has 2 aromatic rings. The number of nitrogens with one attached hydrogen (secondary N) is 1. The van der Waals surface area contributed by atoms with E-state index in [0.717, 1.165) is 11.1 Å². The summed E-state index contributed by atoms with van der Waals surface area (Å²) in [5, 5.41) is 2.36. The zero-order chi connectivity index (χ0) is 24.6. The van der Waals surface area contributed by atoms with Gasteiger partial charge in [0.15, 0.2) is 0 Å². The number of carbonyl (C=O) groups is 3. The topological polar surface area (TPSA) is 90.9 Å². The number of carbonyl (C=O) groups excluding carboxylic acids is 3. The number of alkyl carbamates (subject to hydrolysis) is 1. The van der Waals surface area contributed by atoms with E-state index in [1.54, 1.807) is 38.1 Å². The zero-order valence-corrected chi connectivity index (χ0v) is 19.6. The highest BCUT2D eigenvalue weighted by Gasteiger charge is 2.23. The van der Waals surface area contributed by atoms with E-state index >= 15 is 0 Å². The van der Waals surface area contributed by atoms with Crippen molar-refractivity contribution < 1.29 is 28.6 Å². The van der Waals surface area contributed by atoms with Gasteiger partial charge in [-0.05, 0) is 56.2 Å². The van der Waals surface area contributed by atoms with Gasteiger partial charge in [0.1, 0.15) is 11.5 Å². The minimum absolute atomic E-state index is 0.222. The van der Waals surface area contributed by atoms with Crippen molar-refractivity contribution in [2.45, 2.75) is 40.0 Å². The summed E-state index contributed by atoms with van der Waals surface area (Å²) in [6.45, 7) is 12.8. The molecule has 0 aliphatic carbocycles. The molecule has 0 radical (unpaired) electrons. The molecule has 7 nitrogen and oxygen atoms in total. The fourth-order valence-corrected chi connectivity index (χ4v) is 2.83. The van der Waals surface area contributed by atoms with Crippen LogP contribution in [0.25, 0.3) is 0 Å². The second kappa shape index (κ2) is 11.1. The molecule has 2 rings (SSSR count). The Balaban J connectivity index is 2.06. The number of amides is 1. The van der Waals surface area contributed by atoms with Gasteiger partial charge in [0.2, 0.25) is 0 Å². The van der Waals surface area contributed by atoms with Crippen molar-refractivity contribution in [3.8, 4) is 11.5 Å². The molecule has 0 aliphatic rings. The molecule has 0 bridgehead atoms. The molecular formula is C26H29NO6. The lowest BCUT2D eigenvalue weighted by molar-refractivity contribution is -0.131. The molecule has 7 heteroatoms. The van der Waals surface area contributed by atoms with Crippen LogP contribution in [0.15, 0.2) is 72.5 Å². The highest BCUT2D eigenvalue weighted by atomic mass is 16.5. The first-order valence-electron chi connectivity index (χ1n) is 10.5. The number of benzene rings is 2. The molecule has 0 aromatic heterocycles. The van der Waals surface area contributed by atoms with Crippen LogP contribution in [0.2, 0.25) is 0 Å². The summed E-state index contributed by atoms with van der Waals surface area (Å²) in [5.41, 5.74) is 2.23. The molecule has 0 heterocycles. The summed E-state index contributed by atoms with van der Waals surface area (Å²) >= 11 is 0. The van der Waals surface area contributed by atoms with Gasteiger partial charge >= 0.3 is 18.0 Å². The summed E-state index contributed by atoms with van der Waals surface area (Å²) < 4.78 is 15.3. The lowest BCUT2D eigenvalue weighted by atomic mass is 9.78. The average Bonchev–Trinajstić information content (AvgIpc) is 2.78. The number of ether oxygens (including phenoxy) is 3. The van der Waals surface area contributed by atoms with Gasteiger partial charge in [-0.3, -0.25) is 5.32 Å². The Morgan fingerprint density at radius 2 is 1.33 bits per heavy atom. The van der Waals surface area contributed by atoms with Crippen LogP contribution in [0, 0.1) is 0 Å². The van der Waals surface area contributed by atoms with E-state index in [1.165, 1.54) is 13.1 Å². The first-order valence-corrected chi connectivity index (χ1v) is 10.5. The first kappa shape index (κ1) is 25.4. The SMILES string of the molecule is C=C(C)C(=O)Oc1ccc(C(C)(C)c2ccc(OC(=O)C(C)=CNC(=O)OCC)cc2)cc1. The Morgan fingerprint density at radius 3 is 1.76 bits per heavy atom. The van der Waals surface area contributed by atoms with Crippen molar-refractivity contribution in [1.29, 1.82) is 0 Å². The van der Waals surface area contributed by atoms with Crippen molar-refractivity contribution in [2.24, 2.45) is 0 Å². The molecule has 0 saturated heterocycles. The van der Waals surface area contributed by atoms with E-state index in [2.05, 4.69) is 25.7 Å². The quantitative estimate of drug-likeness (QED) is 0.343. The number of esters is 2. The van der Waals surface area contributed by atoms with E-state index in [0.29, 0.717) is 17.1 Å². The summed E-state index contributed by atoms with van der Waals surface area (Å²) in [7, 11) is 0. The third-order valence-electron chi connectivity index (χ3n) is 4.93. The van der Waals surface area contributed by atoms with E-state index in [4.69, 9.17) is 14.2 Å². The maximum Gasteiger partial charge on any atom is 0.411 e. The molecule has 0 unspecified atom stereocenters. The Hall–Kier alpha value is -3.87. The minimum Gasteiger partial charge on any atom is -0.450 e. The summed E-state index contributed by atoms with van der Waals surface area (Å²) in [4.78, 5) is 35.2. The van der Waals surface area contributed by atoms with E-state index < -0.39 is 18.0 Å².